The summed E-state index contributed by atoms with van der Waals surface area (Å²) < 4.78 is 0. The molecule has 0 bridgehead atoms. The van der Waals surface area contributed by atoms with Gasteiger partial charge < -0.3 is 9.80 Å². The molecule has 0 spiro atoms. The molecule has 2 atom stereocenters. The molecule has 3 aromatic rings. The number of likely N-dealkylation sites (tertiary alicyclic amines) is 1. The highest BCUT2D eigenvalue weighted by atomic mass is 15.2. The average Bonchev–Trinajstić information content (AvgIpc) is 2.91. The minimum atomic E-state index is 0.577. The quantitative estimate of drug-likeness (QED) is 0.668. The lowest BCUT2D eigenvalue weighted by Crippen LogP contribution is -2.37. The fourth-order valence-corrected chi connectivity index (χ4v) is 5.10. The maximum atomic E-state index is 4.30. The summed E-state index contributed by atoms with van der Waals surface area (Å²) in [7, 11) is 2.27. The van der Waals surface area contributed by atoms with Crippen molar-refractivity contribution in [3.63, 3.8) is 0 Å². The van der Waals surface area contributed by atoms with Gasteiger partial charge in [0.15, 0.2) is 0 Å². The van der Waals surface area contributed by atoms with E-state index in [9.17, 15) is 0 Å². The highest BCUT2D eigenvalue weighted by Crippen LogP contribution is 2.45. The molecule has 1 fully saturated rings. The molecule has 148 valence electrons. The van der Waals surface area contributed by atoms with E-state index in [0.29, 0.717) is 12.0 Å². The van der Waals surface area contributed by atoms with Gasteiger partial charge in [-0.05, 0) is 85.4 Å². The van der Waals surface area contributed by atoms with Crippen molar-refractivity contribution in [2.45, 2.75) is 31.2 Å². The third-order valence-corrected chi connectivity index (χ3v) is 6.53. The second kappa shape index (κ2) is 7.96. The van der Waals surface area contributed by atoms with Gasteiger partial charge in [-0.15, -0.1) is 0 Å². The zero-order valence-corrected chi connectivity index (χ0v) is 17.0. The van der Waals surface area contributed by atoms with E-state index in [-0.39, 0.29) is 0 Å². The predicted octanol–water partition coefficient (Wildman–Crippen LogP) is 4.38. The highest BCUT2D eigenvalue weighted by molar-refractivity contribution is 5.72. The van der Waals surface area contributed by atoms with Crippen LogP contribution in [0.2, 0.25) is 0 Å². The number of likely N-dealkylation sites (N-methyl/N-ethyl adjacent to an activating group) is 1. The van der Waals surface area contributed by atoms with Crippen LogP contribution in [0, 0.1) is 0 Å². The van der Waals surface area contributed by atoms with E-state index < -0.39 is 0 Å². The molecule has 1 aromatic carbocycles. The number of pyridine rings is 2. The number of fused-ring (bicyclic) bond motifs is 3. The van der Waals surface area contributed by atoms with Crippen LogP contribution in [0.15, 0.2) is 67.3 Å². The van der Waals surface area contributed by atoms with Gasteiger partial charge in [0.05, 0.1) is 0 Å². The Hall–Kier alpha value is -2.72. The summed E-state index contributed by atoms with van der Waals surface area (Å²) in [6.45, 7) is 3.39. The van der Waals surface area contributed by atoms with E-state index in [4.69, 9.17) is 0 Å². The molecule has 1 saturated heterocycles. The summed E-state index contributed by atoms with van der Waals surface area (Å²) in [5, 5.41) is 0. The van der Waals surface area contributed by atoms with E-state index in [2.05, 4.69) is 63.2 Å². The van der Waals surface area contributed by atoms with Crippen LogP contribution in [0.1, 0.15) is 29.9 Å². The van der Waals surface area contributed by atoms with Gasteiger partial charge in [0.1, 0.15) is 0 Å². The standard InChI is InChI=1S/C25H28N4/c1-28-14-3-5-24-23(18-28)22-16-21(20-8-12-26-13-9-20)6-7-25(22)29(24)15-10-19-4-2-11-27-17-19/h2,4,6-9,11-13,16-17,23-24H,3,5,10,14-15,18H2,1H3. The molecule has 29 heavy (non-hydrogen) atoms. The summed E-state index contributed by atoms with van der Waals surface area (Å²) >= 11 is 0. The van der Waals surface area contributed by atoms with E-state index >= 15 is 0 Å². The Morgan fingerprint density at radius 3 is 2.72 bits per heavy atom. The summed E-state index contributed by atoms with van der Waals surface area (Å²) in [4.78, 5) is 13.7. The minimum absolute atomic E-state index is 0.577. The Labute approximate surface area is 173 Å². The van der Waals surface area contributed by atoms with Crippen LogP contribution in [-0.2, 0) is 6.42 Å². The van der Waals surface area contributed by atoms with Crippen molar-refractivity contribution in [3.8, 4) is 11.1 Å². The number of anilines is 1. The molecule has 0 saturated carbocycles. The molecule has 0 amide bonds. The highest BCUT2D eigenvalue weighted by Gasteiger charge is 2.39. The summed E-state index contributed by atoms with van der Waals surface area (Å²) in [6, 6.07) is 16.1. The van der Waals surface area contributed by atoms with E-state index in [1.807, 2.05) is 30.9 Å². The summed E-state index contributed by atoms with van der Waals surface area (Å²) in [6.07, 6.45) is 11.2. The Bertz CT molecular complexity index is 957. The predicted molar refractivity (Wildman–Crippen MR) is 118 cm³/mol. The molecule has 0 aliphatic carbocycles. The molecule has 5 rings (SSSR count). The fraction of sp³-hybridized carbons (Fsp3) is 0.360. The molecule has 0 radical (unpaired) electrons. The Balaban J connectivity index is 1.49. The van der Waals surface area contributed by atoms with E-state index in [1.165, 1.54) is 47.3 Å². The smallest absolute Gasteiger partial charge is 0.0406 e. The largest absolute Gasteiger partial charge is 0.367 e. The number of hydrogen-bond donors (Lipinski definition) is 0. The van der Waals surface area contributed by atoms with E-state index in [0.717, 1.165) is 19.5 Å². The zero-order valence-electron chi connectivity index (χ0n) is 17.0. The fourth-order valence-electron chi connectivity index (χ4n) is 5.10. The summed E-state index contributed by atoms with van der Waals surface area (Å²) in [5.74, 6) is 0.577. The van der Waals surface area contributed by atoms with Crippen LogP contribution < -0.4 is 4.90 Å². The van der Waals surface area contributed by atoms with Crippen molar-refractivity contribution in [2.75, 3.05) is 31.6 Å². The van der Waals surface area contributed by atoms with Crippen LogP contribution in [0.25, 0.3) is 11.1 Å². The minimum Gasteiger partial charge on any atom is -0.367 e. The average molecular weight is 385 g/mol. The number of hydrogen-bond acceptors (Lipinski definition) is 4. The number of nitrogens with zero attached hydrogens (tertiary/aromatic N) is 4. The van der Waals surface area contributed by atoms with Gasteiger partial charge in [0.2, 0.25) is 0 Å². The molecule has 2 aliphatic heterocycles. The van der Waals surface area contributed by atoms with Gasteiger partial charge in [-0.1, -0.05) is 12.1 Å². The van der Waals surface area contributed by atoms with E-state index in [1.54, 1.807) is 0 Å². The SMILES string of the molecule is CN1CCCC2C(C1)c1cc(-c3ccncc3)ccc1N2CCc1cccnc1. The number of aromatic nitrogens is 2. The summed E-state index contributed by atoms with van der Waals surface area (Å²) in [5.41, 5.74) is 6.80. The topological polar surface area (TPSA) is 32.3 Å². The molecule has 4 heteroatoms. The Kier molecular flexibility index (Phi) is 5.03. The zero-order chi connectivity index (χ0) is 19.6. The van der Waals surface area contributed by atoms with Gasteiger partial charge in [0.25, 0.3) is 0 Å². The van der Waals surface area contributed by atoms with Crippen molar-refractivity contribution in [3.05, 3.63) is 78.4 Å². The number of benzene rings is 1. The van der Waals surface area contributed by atoms with Gasteiger partial charge >= 0.3 is 0 Å². The van der Waals surface area contributed by atoms with Crippen LogP contribution in [0.4, 0.5) is 5.69 Å². The first-order valence-electron chi connectivity index (χ1n) is 10.7. The van der Waals surface area contributed by atoms with Crippen molar-refractivity contribution in [1.29, 1.82) is 0 Å². The Morgan fingerprint density at radius 1 is 1.00 bits per heavy atom. The molecule has 2 aliphatic rings. The molecular formula is C25H28N4. The Morgan fingerprint density at radius 2 is 1.90 bits per heavy atom. The maximum absolute atomic E-state index is 4.30. The third kappa shape index (κ3) is 3.65. The molecular weight excluding hydrogens is 356 g/mol. The maximum Gasteiger partial charge on any atom is 0.0406 e. The van der Waals surface area contributed by atoms with Crippen molar-refractivity contribution >= 4 is 5.69 Å². The number of rotatable bonds is 4. The third-order valence-electron chi connectivity index (χ3n) is 6.53. The lowest BCUT2D eigenvalue weighted by molar-refractivity contribution is 0.330. The molecule has 2 aromatic heterocycles. The second-order valence-electron chi connectivity index (χ2n) is 8.39. The van der Waals surface area contributed by atoms with Crippen LogP contribution in [0.5, 0.6) is 0 Å². The van der Waals surface area contributed by atoms with Crippen molar-refractivity contribution < 1.29 is 0 Å². The first kappa shape index (κ1) is 18.3. The second-order valence-corrected chi connectivity index (χ2v) is 8.39. The first-order valence-corrected chi connectivity index (χ1v) is 10.7. The van der Waals surface area contributed by atoms with Crippen LogP contribution >= 0.6 is 0 Å². The molecule has 4 nitrogen and oxygen atoms in total. The lowest BCUT2D eigenvalue weighted by atomic mass is 9.91. The van der Waals surface area contributed by atoms with Crippen LogP contribution in [0.3, 0.4) is 0 Å². The first-order chi connectivity index (χ1) is 14.3. The molecule has 0 N–H and O–H groups in total. The van der Waals surface area contributed by atoms with Crippen molar-refractivity contribution in [1.82, 2.24) is 14.9 Å². The monoisotopic (exact) mass is 384 g/mol. The molecule has 2 unspecified atom stereocenters. The lowest BCUT2D eigenvalue weighted by Gasteiger charge is -2.29. The normalized spacial score (nSPS) is 21.5. The van der Waals surface area contributed by atoms with Gasteiger partial charge in [-0.25, -0.2) is 0 Å². The van der Waals surface area contributed by atoms with Gasteiger partial charge in [0, 0.05) is 55.5 Å². The van der Waals surface area contributed by atoms with Gasteiger partial charge in [-0.2, -0.15) is 0 Å². The van der Waals surface area contributed by atoms with Gasteiger partial charge in [-0.3, -0.25) is 9.97 Å². The molecule has 4 heterocycles. The van der Waals surface area contributed by atoms with Crippen LogP contribution in [-0.4, -0.2) is 47.6 Å². The van der Waals surface area contributed by atoms with Crippen molar-refractivity contribution in [2.24, 2.45) is 0 Å².